The van der Waals surface area contributed by atoms with E-state index >= 15 is 0 Å². The number of carbonyl (C=O) groups is 2. The van der Waals surface area contributed by atoms with Gasteiger partial charge >= 0.3 is 0 Å². The molecular weight excluding hydrogens is 462 g/mol. The average Bonchev–Trinajstić information content (AvgIpc) is 3.09. The standard InChI is InChI=1S/C23H27N3O5S2/c1-2-31-17-9-7-16(8-10-17)25-33(29,30)18-11-12-20-19(15-18)24-22(27)21(32-20)23(28)26-13-5-3-4-6-14-26/h7-12,15,21,25H,2-6,13-14H2,1H3,(H,24,27)/t21-/m1/s1. The highest BCUT2D eigenvalue weighted by atomic mass is 32.2. The van der Waals surface area contributed by atoms with Gasteiger partial charge in [-0.2, -0.15) is 0 Å². The molecule has 0 radical (unpaired) electrons. The summed E-state index contributed by atoms with van der Waals surface area (Å²) in [7, 11) is -3.87. The first-order valence-electron chi connectivity index (χ1n) is 11.0. The topological polar surface area (TPSA) is 105 Å². The van der Waals surface area contributed by atoms with Crippen molar-refractivity contribution in [2.75, 3.05) is 29.7 Å². The molecule has 8 nitrogen and oxygen atoms in total. The lowest BCUT2D eigenvalue weighted by atomic mass is 10.2. The number of hydrogen-bond donors (Lipinski definition) is 2. The van der Waals surface area contributed by atoms with Crippen molar-refractivity contribution in [3.63, 3.8) is 0 Å². The molecule has 0 aromatic heterocycles. The van der Waals surface area contributed by atoms with E-state index in [0.717, 1.165) is 25.7 Å². The Bertz CT molecular complexity index is 1130. The zero-order valence-electron chi connectivity index (χ0n) is 18.4. The summed E-state index contributed by atoms with van der Waals surface area (Å²) in [6.07, 6.45) is 4.09. The van der Waals surface area contributed by atoms with Crippen molar-refractivity contribution < 1.29 is 22.7 Å². The molecule has 1 fully saturated rings. The van der Waals surface area contributed by atoms with Gasteiger partial charge in [-0.3, -0.25) is 14.3 Å². The molecule has 1 atom stereocenters. The average molecular weight is 490 g/mol. The minimum atomic E-state index is -3.87. The highest BCUT2D eigenvalue weighted by Gasteiger charge is 2.36. The van der Waals surface area contributed by atoms with Crippen LogP contribution in [-0.2, 0) is 19.6 Å². The van der Waals surface area contributed by atoms with Gasteiger partial charge in [0.2, 0.25) is 11.8 Å². The predicted molar refractivity (Wildman–Crippen MR) is 128 cm³/mol. The fraction of sp³-hybridized carbons (Fsp3) is 0.391. The third-order valence-corrected chi connectivity index (χ3v) is 8.20. The number of ether oxygens (including phenoxy) is 1. The Kier molecular flexibility index (Phi) is 7.14. The number of nitrogens with one attached hydrogen (secondary N) is 2. The van der Waals surface area contributed by atoms with Crippen molar-refractivity contribution in [1.29, 1.82) is 0 Å². The van der Waals surface area contributed by atoms with Gasteiger partial charge in [0.25, 0.3) is 10.0 Å². The van der Waals surface area contributed by atoms with Gasteiger partial charge in [0.15, 0.2) is 5.25 Å². The summed E-state index contributed by atoms with van der Waals surface area (Å²) in [5, 5.41) is 1.87. The zero-order chi connectivity index (χ0) is 23.4. The Labute approximate surface area is 198 Å². The first-order valence-corrected chi connectivity index (χ1v) is 13.4. The van der Waals surface area contributed by atoms with Crippen LogP contribution >= 0.6 is 11.8 Å². The Balaban J connectivity index is 1.49. The molecule has 0 spiro atoms. The molecule has 2 N–H and O–H groups in total. The van der Waals surface area contributed by atoms with Crippen LogP contribution in [0.3, 0.4) is 0 Å². The predicted octanol–water partition coefficient (Wildman–Crippen LogP) is 3.70. The third kappa shape index (κ3) is 5.44. The van der Waals surface area contributed by atoms with Crippen LogP contribution in [-0.4, -0.2) is 50.1 Å². The highest BCUT2D eigenvalue weighted by molar-refractivity contribution is 8.01. The Hall–Kier alpha value is -2.72. The van der Waals surface area contributed by atoms with Gasteiger partial charge < -0.3 is 15.0 Å². The third-order valence-electron chi connectivity index (χ3n) is 5.56. The monoisotopic (exact) mass is 489 g/mol. The summed E-state index contributed by atoms with van der Waals surface area (Å²) < 4.78 is 33.6. The number of rotatable bonds is 6. The van der Waals surface area contributed by atoms with E-state index < -0.39 is 21.2 Å². The quantitative estimate of drug-likeness (QED) is 0.600. The van der Waals surface area contributed by atoms with Crippen molar-refractivity contribution in [3.05, 3.63) is 42.5 Å². The summed E-state index contributed by atoms with van der Waals surface area (Å²) in [5.41, 5.74) is 0.789. The van der Waals surface area contributed by atoms with Crippen LogP contribution in [0.2, 0.25) is 0 Å². The molecule has 0 aliphatic carbocycles. The van der Waals surface area contributed by atoms with E-state index in [2.05, 4.69) is 10.0 Å². The van der Waals surface area contributed by atoms with E-state index in [1.165, 1.54) is 23.9 Å². The number of benzene rings is 2. The Morgan fingerprint density at radius 2 is 1.82 bits per heavy atom. The van der Waals surface area contributed by atoms with Crippen LogP contribution in [0.1, 0.15) is 32.6 Å². The first-order chi connectivity index (χ1) is 15.9. The second-order valence-corrected chi connectivity index (χ2v) is 10.8. The molecule has 2 aliphatic heterocycles. The van der Waals surface area contributed by atoms with Crippen molar-refractivity contribution in [1.82, 2.24) is 4.90 Å². The van der Waals surface area contributed by atoms with E-state index in [4.69, 9.17) is 4.74 Å². The lowest BCUT2D eigenvalue weighted by molar-refractivity contribution is -0.133. The summed E-state index contributed by atoms with van der Waals surface area (Å²) in [6, 6.07) is 11.2. The Morgan fingerprint density at radius 3 is 2.48 bits per heavy atom. The van der Waals surface area contributed by atoms with Crippen molar-refractivity contribution in [3.8, 4) is 5.75 Å². The summed E-state index contributed by atoms with van der Waals surface area (Å²) >= 11 is 1.17. The highest BCUT2D eigenvalue weighted by Crippen LogP contribution is 2.38. The van der Waals surface area contributed by atoms with E-state index in [9.17, 15) is 18.0 Å². The van der Waals surface area contributed by atoms with Gasteiger partial charge in [0.1, 0.15) is 5.75 Å². The number of nitrogens with zero attached hydrogens (tertiary/aromatic N) is 1. The van der Waals surface area contributed by atoms with Crippen molar-refractivity contribution in [2.45, 2.75) is 47.6 Å². The van der Waals surface area contributed by atoms with E-state index in [-0.39, 0.29) is 10.8 Å². The van der Waals surface area contributed by atoms with Gasteiger partial charge in [-0.1, -0.05) is 12.8 Å². The SMILES string of the molecule is CCOc1ccc(NS(=O)(=O)c2ccc3c(c2)NC(=O)[C@H](C(=O)N2CCCCCC2)S3)cc1. The van der Waals surface area contributed by atoms with E-state index in [0.29, 0.717) is 41.7 Å². The van der Waals surface area contributed by atoms with Gasteiger partial charge in [0, 0.05) is 23.7 Å². The van der Waals surface area contributed by atoms with Crippen LogP contribution in [0.5, 0.6) is 5.75 Å². The number of anilines is 2. The molecule has 2 aromatic rings. The van der Waals surface area contributed by atoms with Gasteiger partial charge in [-0.05, 0) is 62.2 Å². The molecule has 2 aromatic carbocycles. The van der Waals surface area contributed by atoms with Crippen LogP contribution in [0.15, 0.2) is 52.3 Å². The largest absolute Gasteiger partial charge is 0.494 e. The van der Waals surface area contributed by atoms with E-state index in [1.807, 2.05) is 6.92 Å². The van der Waals surface area contributed by atoms with Gasteiger partial charge in [0.05, 0.1) is 17.2 Å². The molecule has 1 saturated heterocycles. The second-order valence-electron chi connectivity index (χ2n) is 7.95. The van der Waals surface area contributed by atoms with Crippen LogP contribution in [0.4, 0.5) is 11.4 Å². The summed E-state index contributed by atoms with van der Waals surface area (Å²) in [6.45, 7) is 3.74. The molecule has 10 heteroatoms. The number of hydrogen-bond acceptors (Lipinski definition) is 6. The van der Waals surface area contributed by atoms with Crippen LogP contribution < -0.4 is 14.8 Å². The molecule has 176 valence electrons. The maximum atomic E-state index is 12.9. The smallest absolute Gasteiger partial charge is 0.261 e. The van der Waals surface area contributed by atoms with Crippen LogP contribution in [0, 0.1) is 0 Å². The number of sulfonamides is 1. The second kappa shape index (κ2) is 10.0. The maximum Gasteiger partial charge on any atom is 0.261 e. The fourth-order valence-electron chi connectivity index (χ4n) is 3.87. The lowest BCUT2D eigenvalue weighted by Crippen LogP contribution is -2.45. The molecule has 4 rings (SSSR count). The number of amides is 2. The molecule has 2 aliphatic rings. The molecule has 33 heavy (non-hydrogen) atoms. The molecular formula is C23H27N3O5S2. The molecule has 0 saturated carbocycles. The maximum absolute atomic E-state index is 12.9. The van der Waals surface area contributed by atoms with Gasteiger partial charge in [-0.15, -0.1) is 11.8 Å². The molecule has 2 heterocycles. The minimum Gasteiger partial charge on any atom is -0.494 e. The number of thioether (sulfide) groups is 1. The molecule has 0 unspecified atom stereocenters. The molecule has 2 amide bonds. The normalized spacial score (nSPS) is 18.6. The Morgan fingerprint density at radius 1 is 1.12 bits per heavy atom. The first kappa shape index (κ1) is 23.4. The van der Waals surface area contributed by atoms with Crippen molar-refractivity contribution in [2.24, 2.45) is 0 Å². The summed E-state index contributed by atoms with van der Waals surface area (Å²) in [4.78, 5) is 28.1. The van der Waals surface area contributed by atoms with Crippen molar-refractivity contribution >= 4 is 45.0 Å². The fourth-order valence-corrected chi connectivity index (χ4v) is 6.01. The lowest BCUT2D eigenvalue weighted by Gasteiger charge is -2.28. The van der Waals surface area contributed by atoms with E-state index in [1.54, 1.807) is 35.2 Å². The summed E-state index contributed by atoms with van der Waals surface area (Å²) in [5.74, 6) is 0.0490. The van der Waals surface area contributed by atoms with Crippen LogP contribution in [0.25, 0.3) is 0 Å². The molecule has 0 bridgehead atoms. The zero-order valence-corrected chi connectivity index (χ0v) is 20.0. The minimum absolute atomic E-state index is 0.0216. The number of likely N-dealkylation sites (tertiary alicyclic amines) is 1. The van der Waals surface area contributed by atoms with Gasteiger partial charge in [-0.25, -0.2) is 8.42 Å². The number of carbonyl (C=O) groups excluding carboxylic acids is 2. The number of fused-ring (bicyclic) bond motifs is 1.